The molecule has 2 aromatic heterocycles. The van der Waals surface area contributed by atoms with E-state index in [0.29, 0.717) is 0 Å². The largest absolute Gasteiger partial charge is 0.345 e. The molecule has 0 spiro atoms. The third-order valence-corrected chi connectivity index (χ3v) is 3.65. The highest BCUT2D eigenvalue weighted by Crippen LogP contribution is 2.25. The summed E-state index contributed by atoms with van der Waals surface area (Å²) in [6, 6.07) is 12.8. The average molecular weight is 267 g/mol. The van der Waals surface area contributed by atoms with Crippen LogP contribution in [0.2, 0.25) is 0 Å². The first-order valence-corrected chi connectivity index (χ1v) is 7.11. The Morgan fingerprint density at radius 1 is 1.00 bits per heavy atom. The van der Waals surface area contributed by atoms with Crippen LogP contribution in [0.15, 0.2) is 55.0 Å². The Bertz CT molecular complexity index is 677. The van der Waals surface area contributed by atoms with E-state index in [1.807, 2.05) is 0 Å². The van der Waals surface area contributed by atoms with Crippen LogP contribution < -0.4 is 0 Å². The Morgan fingerprint density at radius 3 is 2.50 bits per heavy atom. The Balaban J connectivity index is 1.96. The molecule has 0 fully saturated rings. The molecule has 0 aliphatic heterocycles. The molecule has 0 aliphatic carbocycles. The number of benzene rings is 1. The molecular formula is C17H21N3. The van der Waals surface area contributed by atoms with E-state index < -0.39 is 0 Å². The van der Waals surface area contributed by atoms with Crippen LogP contribution in [-0.4, -0.2) is 34.7 Å². The van der Waals surface area contributed by atoms with E-state index in [2.05, 4.69) is 83.1 Å². The molecule has 0 aliphatic rings. The first kappa shape index (κ1) is 13.0. The quantitative estimate of drug-likeness (QED) is 0.690. The Morgan fingerprint density at radius 2 is 1.75 bits per heavy atom. The lowest BCUT2D eigenvalue weighted by atomic mass is 10.2. The van der Waals surface area contributed by atoms with Crippen molar-refractivity contribution in [2.24, 2.45) is 0 Å². The third-order valence-electron chi connectivity index (χ3n) is 3.65. The highest BCUT2D eigenvalue weighted by Gasteiger charge is 2.08. The maximum atomic E-state index is 2.37. The highest BCUT2D eigenvalue weighted by atomic mass is 15.1. The number of para-hydroxylation sites is 1. The van der Waals surface area contributed by atoms with Crippen LogP contribution in [0, 0.1) is 0 Å². The fourth-order valence-corrected chi connectivity index (χ4v) is 2.67. The number of hydrogen-bond donors (Lipinski definition) is 0. The van der Waals surface area contributed by atoms with Gasteiger partial charge < -0.3 is 14.0 Å². The Hall–Kier alpha value is -2.00. The number of rotatable bonds is 5. The van der Waals surface area contributed by atoms with Gasteiger partial charge in [0.2, 0.25) is 0 Å². The molecule has 3 rings (SSSR count). The second-order valence-electron chi connectivity index (χ2n) is 5.47. The van der Waals surface area contributed by atoms with Crippen molar-refractivity contribution in [3.05, 3.63) is 55.0 Å². The molecule has 0 radical (unpaired) electrons. The predicted molar refractivity (Wildman–Crippen MR) is 84.4 cm³/mol. The maximum absolute atomic E-state index is 2.37. The number of hydrogen-bond acceptors (Lipinski definition) is 1. The zero-order chi connectivity index (χ0) is 13.9. The summed E-state index contributed by atoms with van der Waals surface area (Å²) in [5, 5.41) is 1.31. The lowest BCUT2D eigenvalue weighted by molar-refractivity contribution is 0.388. The van der Waals surface area contributed by atoms with Gasteiger partial charge in [-0.1, -0.05) is 18.2 Å². The normalized spacial score (nSPS) is 11.6. The van der Waals surface area contributed by atoms with Gasteiger partial charge in [-0.2, -0.15) is 0 Å². The van der Waals surface area contributed by atoms with Gasteiger partial charge >= 0.3 is 0 Å². The van der Waals surface area contributed by atoms with Crippen molar-refractivity contribution in [3.63, 3.8) is 0 Å². The number of nitrogens with zero attached hydrogens (tertiary/aromatic N) is 3. The van der Waals surface area contributed by atoms with E-state index in [1.165, 1.54) is 16.6 Å². The molecule has 20 heavy (non-hydrogen) atoms. The fraction of sp³-hybridized carbons (Fsp3) is 0.294. The van der Waals surface area contributed by atoms with Gasteiger partial charge in [-0.25, -0.2) is 0 Å². The van der Waals surface area contributed by atoms with Crippen molar-refractivity contribution in [1.29, 1.82) is 0 Å². The molecule has 104 valence electrons. The molecule has 2 heterocycles. The van der Waals surface area contributed by atoms with Gasteiger partial charge in [0.15, 0.2) is 0 Å². The van der Waals surface area contributed by atoms with Crippen LogP contribution in [-0.2, 0) is 6.54 Å². The summed E-state index contributed by atoms with van der Waals surface area (Å²) in [4.78, 5) is 2.23. The van der Waals surface area contributed by atoms with Crippen molar-refractivity contribution in [2.45, 2.75) is 13.0 Å². The average Bonchev–Trinajstić information content (AvgIpc) is 3.06. The summed E-state index contributed by atoms with van der Waals surface area (Å²) < 4.78 is 4.55. The van der Waals surface area contributed by atoms with Gasteiger partial charge in [0.05, 0.1) is 11.2 Å². The van der Waals surface area contributed by atoms with Crippen LogP contribution in [0.3, 0.4) is 0 Å². The van der Waals surface area contributed by atoms with Gasteiger partial charge in [0, 0.05) is 30.5 Å². The topological polar surface area (TPSA) is 13.1 Å². The lowest BCUT2D eigenvalue weighted by Crippen LogP contribution is -2.14. The number of aromatic nitrogens is 2. The van der Waals surface area contributed by atoms with Crippen molar-refractivity contribution in [1.82, 2.24) is 14.0 Å². The van der Waals surface area contributed by atoms with Gasteiger partial charge in [0.1, 0.15) is 0 Å². The fourth-order valence-electron chi connectivity index (χ4n) is 2.67. The Kier molecular flexibility index (Phi) is 3.61. The molecule has 0 atom stereocenters. The van der Waals surface area contributed by atoms with Crippen LogP contribution in [0.1, 0.15) is 6.42 Å². The zero-order valence-corrected chi connectivity index (χ0v) is 12.2. The van der Waals surface area contributed by atoms with E-state index >= 15 is 0 Å². The monoisotopic (exact) mass is 267 g/mol. The van der Waals surface area contributed by atoms with Crippen molar-refractivity contribution in [2.75, 3.05) is 20.6 Å². The molecule has 0 N–H and O–H groups in total. The van der Waals surface area contributed by atoms with Gasteiger partial charge in [-0.3, -0.25) is 0 Å². The smallest absolute Gasteiger partial charge is 0.0706 e. The van der Waals surface area contributed by atoms with Crippen molar-refractivity contribution in [3.8, 4) is 5.69 Å². The van der Waals surface area contributed by atoms with E-state index in [1.54, 1.807) is 0 Å². The maximum Gasteiger partial charge on any atom is 0.0706 e. The predicted octanol–water partition coefficient (Wildman–Crippen LogP) is 3.38. The van der Waals surface area contributed by atoms with E-state index in [9.17, 15) is 0 Å². The second kappa shape index (κ2) is 5.55. The van der Waals surface area contributed by atoms with E-state index in [-0.39, 0.29) is 0 Å². The SMILES string of the molecule is CN(C)CCCn1cc(-n2cccc2)c2ccccc21. The summed E-state index contributed by atoms with van der Waals surface area (Å²) in [7, 11) is 4.25. The van der Waals surface area contributed by atoms with Gasteiger partial charge in [-0.05, 0) is 45.3 Å². The highest BCUT2D eigenvalue weighted by molar-refractivity contribution is 5.89. The minimum atomic E-state index is 1.06. The summed E-state index contributed by atoms with van der Waals surface area (Å²) in [6.07, 6.45) is 7.63. The molecule has 3 aromatic rings. The van der Waals surface area contributed by atoms with Crippen LogP contribution >= 0.6 is 0 Å². The minimum absolute atomic E-state index is 1.06. The molecule has 3 nitrogen and oxygen atoms in total. The molecule has 0 unspecified atom stereocenters. The second-order valence-corrected chi connectivity index (χ2v) is 5.47. The van der Waals surface area contributed by atoms with Crippen LogP contribution in [0.25, 0.3) is 16.6 Å². The lowest BCUT2D eigenvalue weighted by Gasteiger charge is -2.10. The summed E-state index contributed by atoms with van der Waals surface area (Å²) in [6.45, 7) is 2.17. The molecule has 0 saturated carbocycles. The molecule has 0 amide bonds. The molecule has 3 heteroatoms. The van der Waals surface area contributed by atoms with Crippen molar-refractivity contribution >= 4 is 10.9 Å². The number of fused-ring (bicyclic) bond motifs is 1. The van der Waals surface area contributed by atoms with Crippen molar-refractivity contribution < 1.29 is 0 Å². The molecule has 0 bridgehead atoms. The van der Waals surface area contributed by atoms with Gasteiger partial charge in [0.25, 0.3) is 0 Å². The van der Waals surface area contributed by atoms with Crippen LogP contribution in [0.4, 0.5) is 0 Å². The summed E-state index contributed by atoms with van der Waals surface area (Å²) in [5.74, 6) is 0. The number of aryl methyl sites for hydroxylation is 1. The van der Waals surface area contributed by atoms with Gasteiger partial charge in [-0.15, -0.1) is 0 Å². The standard InChI is InChI=1S/C17H21N3/c1-18(2)10-7-13-20-14-17(19-11-5-6-12-19)15-8-3-4-9-16(15)20/h3-6,8-9,11-12,14H,7,10,13H2,1-2H3. The summed E-state index contributed by atoms with van der Waals surface area (Å²) in [5.41, 5.74) is 2.57. The molecular weight excluding hydrogens is 246 g/mol. The third kappa shape index (κ3) is 2.49. The van der Waals surface area contributed by atoms with Crippen LogP contribution in [0.5, 0.6) is 0 Å². The van der Waals surface area contributed by atoms with E-state index in [4.69, 9.17) is 0 Å². The molecule has 1 aromatic carbocycles. The van der Waals surface area contributed by atoms with E-state index in [0.717, 1.165) is 19.5 Å². The Labute approximate surface area is 120 Å². The first-order chi connectivity index (χ1) is 9.75. The summed E-state index contributed by atoms with van der Waals surface area (Å²) >= 11 is 0. The zero-order valence-electron chi connectivity index (χ0n) is 12.2. The molecule has 0 saturated heterocycles. The minimum Gasteiger partial charge on any atom is -0.345 e. The first-order valence-electron chi connectivity index (χ1n) is 7.11.